The molecule has 300 valence electrons. The number of oxazole rings is 1. The van der Waals surface area contributed by atoms with E-state index in [1.165, 1.54) is 12.0 Å². The maximum atomic E-state index is 14.4. The third-order valence-electron chi connectivity index (χ3n) is 11.1. The first-order valence-corrected chi connectivity index (χ1v) is 19.8. The van der Waals surface area contributed by atoms with E-state index in [1.54, 1.807) is 20.0 Å². The second-order valence-electron chi connectivity index (χ2n) is 14.9. The van der Waals surface area contributed by atoms with E-state index in [0.29, 0.717) is 28.2 Å². The molecular weight excluding hydrogens is 768 g/mol. The van der Waals surface area contributed by atoms with Gasteiger partial charge in [0.1, 0.15) is 24.5 Å². The molecule has 8 rings (SSSR count). The number of aromatic nitrogens is 2. The zero-order chi connectivity index (χ0) is 41.4. The minimum absolute atomic E-state index is 0.0592. The summed E-state index contributed by atoms with van der Waals surface area (Å²) >= 11 is 6.81. The highest BCUT2D eigenvalue weighted by Gasteiger charge is 2.40. The molecule has 0 unspecified atom stereocenters. The van der Waals surface area contributed by atoms with Gasteiger partial charge < -0.3 is 28.8 Å². The lowest BCUT2D eigenvalue weighted by molar-refractivity contribution is -0.145. The van der Waals surface area contributed by atoms with Crippen LogP contribution in [0.5, 0.6) is 11.5 Å². The lowest BCUT2D eigenvalue weighted by Crippen LogP contribution is -2.56. The summed E-state index contributed by atoms with van der Waals surface area (Å²) in [7, 11) is 1.28. The van der Waals surface area contributed by atoms with Crippen molar-refractivity contribution in [2.75, 3.05) is 13.7 Å². The molecule has 0 bridgehead atoms. The Kier molecular flexibility index (Phi) is 11.0. The van der Waals surface area contributed by atoms with Crippen molar-refractivity contribution in [1.82, 2.24) is 20.2 Å². The molecule has 2 amide bonds. The molecule has 3 atom stereocenters. The summed E-state index contributed by atoms with van der Waals surface area (Å²) < 4.78 is 23.5. The fourth-order valence-corrected chi connectivity index (χ4v) is 8.13. The molecule has 11 nitrogen and oxygen atoms in total. The SMILES string of the molecule is COC(=O)[C@H](Cc1ccc(-c2ccnc(C)c2C)cc1)NC(=O)[C@@H]1Cc2cc3c(cc2CN1C(=O)c1nc(C)oc1C)O[C@@H](c1ccc(-c2ccccc2)cc1Cl)CO3. The Morgan fingerprint density at radius 3 is 2.36 bits per heavy atom. The van der Waals surface area contributed by atoms with Gasteiger partial charge in [-0.1, -0.05) is 78.3 Å². The summed E-state index contributed by atoms with van der Waals surface area (Å²) in [5.41, 5.74) is 9.46. The Bertz CT molecular complexity index is 2570. The summed E-state index contributed by atoms with van der Waals surface area (Å²) in [6.07, 6.45) is 1.62. The first-order chi connectivity index (χ1) is 28.5. The minimum atomic E-state index is -1.02. The van der Waals surface area contributed by atoms with Gasteiger partial charge in [0.25, 0.3) is 5.91 Å². The number of aryl methyl sites for hydroxylation is 3. The van der Waals surface area contributed by atoms with Crippen LogP contribution in [0.25, 0.3) is 22.3 Å². The van der Waals surface area contributed by atoms with Crippen molar-refractivity contribution in [3.8, 4) is 33.8 Å². The van der Waals surface area contributed by atoms with E-state index in [4.69, 9.17) is 30.2 Å². The van der Waals surface area contributed by atoms with E-state index in [9.17, 15) is 14.4 Å². The number of rotatable bonds is 9. The highest BCUT2D eigenvalue weighted by Crippen LogP contribution is 2.42. The average molecular weight is 811 g/mol. The Morgan fingerprint density at radius 2 is 1.64 bits per heavy atom. The van der Waals surface area contributed by atoms with Gasteiger partial charge in [0.2, 0.25) is 5.91 Å². The molecule has 4 aromatic carbocycles. The molecule has 0 fully saturated rings. The van der Waals surface area contributed by atoms with Crippen molar-refractivity contribution in [2.24, 2.45) is 0 Å². The normalized spacial score (nSPS) is 16.2. The zero-order valence-corrected chi connectivity index (χ0v) is 34.1. The molecule has 1 N–H and O–H groups in total. The molecule has 0 spiro atoms. The third-order valence-corrected chi connectivity index (χ3v) is 11.5. The number of esters is 1. The number of nitrogens with one attached hydrogen (secondary N) is 1. The highest BCUT2D eigenvalue weighted by molar-refractivity contribution is 6.31. The molecule has 0 aliphatic carbocycles. The molecule has 6 aromatic rings. The van der Waals surface area contributed by atoms with E-state index in [-0.39, 0.29) is 31.7 Å². The number of fused-ring (bicyclic) bond motifs is 2. The first kappa shape index (κ1) is 39.4. The van der Waals surface area contributed by atoms with Crippen LogP contribution in [-0.4, -0.2) is 58.5 Å². The first-order valence-electron chi connectivity index (χ1n) is 19.4. The minimum Gasteiger partial charge on any atom is -0.485 e. The molecule has 12 heteroatoms. The number of nitrogens with zero attached hydrogens (tertiary/aromatic N) is 3. The summed E-state index contributed by atoms with van der Waals surface area (Å²) in [6.45, 7) is 7.61. The van der Waals surface area contributed by atoms with Gasteiger partial charge in [0, 0.05) is 48.8 Å². The Hall–Kier alpha value is -6.46. The highest BCUT2D eigenvalue weighted by atomic mass is 35.5. The monoisotopic (exact) mass is 810 g/mol. The van der Waals surface area contributed by atoms with Crippen LogP contribution in [0.4, 0.5) is 0 Å². The Labute approximate surface area is 347 Å². The quantitative estimate of drug-likeness (QED) is 0.143. The second-order valence-corrected chi connectivity index (χ2v) is 15.3. The molecule has 59 heavy (non-hydrogen) atoms. The van der Waals surface area contributed by atoms with E-state index < -0.39 is 36.0 Å². The van der Waals surface area contributed by atoms with Crippen LogP contribution in [0.2, 0.25) is 5.02 Å². The van der Waals surface area contributed by atoms with Gasteiger partial charge >= 0.3 is 5.97 Å². The predicted molar refractivity (Wildman–Crippen MR) is 222 cm³/mol. The van der Waals surface area contributed by atoms with E-state index in [1.807, 2.05) is 105 Å². The van der Waals surface area contributed by atoms with E-state index >= 15 is 0 Å². The van der Waals surface area contributed by atoms with Crippen LogP contribution in [-0.2, 0) is 33.7 Å². The number of pyridine rings is 1. The number of benzene rings is 4. The van der Waals surface area contributed by atoms with Crippen LogP contribution in [0.3, 0.4) is 0 Å². The van der Waals surface area contributed by atoms with Crippen molar-refractivity contribution in [3.63, 3.8) is 0 Å². The maximum Gasteiger partial charge on any atom is 0.328 e. The van der Waals surface area contributed by atoms with Crippen LogP contribution >= 0.6 is 11.6 Å². The molecule has 2 aromatic heterocycles. The molecule has 4 heterocycles. The molecule has 2 aliphatic heterocycles. The summed E-state index contributed by atoms with van der Waals surface area (Å²) in [6, 6.07) is 27.4. The number of carbonyl (C=O) groups excluding carboxylic acids is 3. The van der Waals surface area contributed by atoms with Crippen LogP contribution in [0.1, 0.15) is 61.8 Å². The maximum absolute atomic E-state index is 14.4. The van der Waals surface area contributed by atoms with Gasteiger partial charge in [0.15, 0.2) is 29.2 Å². The lowest BCUT2D eigenvalue weighted by Gasteiger charge is -2.37. The molecule has 0 saturated carbocycles. The van der Waals surface area contributed by atoms with E-state index in [2.05, 4.69) is 15.3 Å². The number of methoxy groups -OCH3 is 1. The van der Waals surface area contributed by atoms with Crippen LogP contribution in [0.15, 0.2) is 102 Å². The van der Waals surface area contributed by atoms with Crippen molar-refractivity contribution >= 4 is 29.4 Å². The number of hydrogen-bond acceptors (Lipinski definition) is 9. The number of amides is 2. The molecule has 2 aliphatic rings. The lowest BCUT2D eigenvalue weighted by atomic mass is 9.91. The predicted octanol–water partition coefficient (Wildman–Crippen LogP) is 8.27. The second kappa shape index (κ2) is 16.4. The van der Waals surface area contributed by atoms with Gasteiger partial charge in [-0.25, -0.2) is 9.78 Å². The molecule has 0 saturated heterocycles. The average Bonchev–Trinajstić information content (AvgIpc) is 3.59. The number of halogens is 1. The molecule has 0 radical (unpaired) electrons. The topological polar surface area (TPSA) is 133 Å². The van der Waals surface area contributed by atoms with Gasteiger partial charge in [-0.05, 0) is 89.5 Å². The fourth-order valence-electron chi connectivity index (χ4n) is 7.83. The third kappa shape index (κ3) is 8.03. The summed E-state index contributed by atoms with van der Waals surface area (Å²) in [5.74, 6) is 0.0892. The Balaban J connectivity index is 1.05. The standard InChI is InChI=1S/C47H43ClN4O7/c1-26-27(2)49-18-17-36(26)32-13-11-30(12-14-32)19-39(47(55)56-5)51-45(53)40-21-34-22-41-42(23-35(34)24-52(40)46(54)44-28(3)58-29(4)50-44)59-43(25-57-41)37-16-15-33(20-38(37)48)31-9-7-6-8-10-31/h6-18,20,22-23,39-40,43H,19,21,24-25H2,1-5H3,(H,51,53)/t39-,40-,43+/m0/s1. The van der Waals surface area contributed by atoms with Crippen molar-refractivity contribution in [1.29, 1.82) is 0 Å². The van der Waals surface area contributed by atoms with Gasteiger partial charge in [-0.3, -0.25) is 14.6 Å². The molecular formula is C47H43ClN4O7. The largest absolute Gasteiger partial charge is 0.485 e. The van der Waals surface area contributed by atoms with Crippen molar-refractivity contribution in [3.05, 3.63) is 153 Å². The Morgan fingerprint density at radius 1 is 0.898 bits per heavy atom. The van der Waals surface area contributed by atoms with E-state index in [0.717, 1.165) is 55.8 Å². The van der Waals surface area contributed by atoms with Gasteiger partial charge in [-0.2, -0.15) is 0 Å². The number of ether oxygens (including phenoxy) is 3. The van der Waals surface area contributed by atoms with Gasteiger partial charge in [0.05, 0.1) is 7.11 Å². The van der Waals surface area contributed by atoms with Crippen LogP contribution < -0.4 is 14.8 Å². The number of carbonyl (C=O) groups is 3. The summed E-state index contributed by atoms with van der Waals surface area (Å²) in [4.78, 5) is 52.0. The summed E-state index contributed by atoms with van der Waals surface area (Å²) in [5, 5.41) is 3.47. The van der Waals surface area contributed by atoms with Crippen molar-refractivity contribution in [2.45, 2.75) is 65.3 Å². The fraction of sp³-hybridized carbons (Fsp3) is 0.255. The smallest absolute Gasteiger partial charge is 0.328 e. The van der Waals surface area contributed by atoms with Crippen LogP contribution in [0, 0.1) is 27.7 Å². The van der Waals surface area contributed by atoms with Crippen molar-refractivity contribution < 1.29 is 33.0 Å². The number of hydrogen-bond donors (Lipinski definition) is 1. The van der Waals surface area contributed by atoms with Gasteiger partial charge in [-0.15, -0.1) is 0 Å². The zero-order valence-electron chi connectivity index (χ0n) is 33.4.